The van der Waals surface area contributed by atoms with Crippen molar-refractivity contribution in [3.05, 3.63) is 60.3 Å². The number of rotatable bonds is 12. The molecule has 4 rings (SSSR count). The van der Waals surface area contributed by atoms with Gasteiger partial charge < -0.3 is 19.8 Å². The quantitative estimate of drug-likeness (QED) is 0.386. The maximum atomic E-state index is 11.3. The fourth-order valence-electron chi connectivity index (χ4n) is 5.42. The van der Waals surface area contributed by atoms with Gasteiger partial charge in [-0.1, -0.05) is 0 Å². The minimum atomic E-state index is -0.744. The lowest BCUT2D eigenvalue weighted by Crippen LogP contribution is -2.41. The highest BCUT2D eigenvalue weighted by Crippen LogP contribution is 2.35. The van der Waals surface area contributed by atoms with Crippen molar-refractivity contribution in [3.63, 3.8) is 0 Å². The van der Waals surface area contributed by atoms with E-state index in [1.807, 2.05) is 30.3 Å². The molecule has 3 atom stereocenters. The van der Waals surface area contributed by atoms with Crippen LogP contribution in [0.3, 0.4) is 0 Å². The van der Waals surface area contributed by atoms with Gasteiger partial charge in [0.1, 0.15) is 12.1 Å². The summed E-state index contributed by atoms with van der Waals surface area (Å²) in [5.74, 6) is 0.715. The predicted molar refractivity (Wildman–Crippen MR) is 138 cm³/mol. The van der Waals surface area contributed by atoms with Crippen LogP contribution in [0.25, 0.3) is 10.9 Å². The van der Waals surface area contributed by atoms with Gasteiger partial charge in [0.2, 0.25) is 0 Å². The number of carboxylic acids is 1. The first-order chi connectivity index (χ1) is 17.5. The molecule has 0 bridgehead atoms. The molecule has 1 saturated heterocycles. The summed E-state index contributed by atoms with van der Waals surface area (Å²) in [5, 5.41) is 21.3. The highest BCUT2D eigenvalue weighted by Gasteiger charge is 2.30. The number of benzene rings is 1. The fraction of sp³-hybridized carbons (Fsp3) is 0.500. The number of aryl methyl sites for hydroxylation is 1. The van der Waals surface area contributed by atoms with E-state index in [0.29, 0.717) is 24.7 Å². The second kappa shape index (κ2) is 12.7. The molecule has 8 nitrogen and oxygen atoms in total. The number of aliphatic hydroxyl groups excluding tert-OH is 1. The number of likely N-dealkylation sites (tertiary alicyclic amines) is 1. The number of nitrogens with zero attached hydrogens (tertiary/aromatic N) is 4. The summed E-state index contributed by atoms with van der Waals surface area (Å²) in [6.45, 7) is 2.89. The van der Waals surface area contributed by atoms with Crippen molar-refractivity contribution < 1.29 is 19.7 Å². The van der Waals surface area contributed by atoms with Gasteiger partial charge in [0.05, 0.1) is 18.7 Å². The van der Waals surface area contributed by atoms with Gasteiger partial charge in [-0.15, -0.1) is 0 Å². The Labute approximate surface area is 212 Å². The largest absolute Gasteiger partial charge is 0.497 e. The molecule has 1 fully saturated rings. The van der Waals surface area contributed by atoms with Crippen molar-refractivity contribution in [1.82, 2.24) is 19.9 Å². The Balaban J connectivity index is 1.35. The van der Waals surface area contributed by atoms with Crippen LogP contribution in [-0.2, 0) is 11.2 Å². The zero-order valence-corrected chi connectivity index (χ0v) is 20.9. The third-order valence-electron chi connectivity index (χ3n) is 7.41. The molecule has 8 heteroatoms. The summed E-state index contributed by atoms with van der Waals surface area (Å²) in [7, 11) is 1.63. The molecular formula is C28H36N4O4. The summed E-state index contributed by atoms with van der Waals surface area (Å²) in [6.07, 6.45) is 9.82. The van der Waals surface area contributed by atoms with Crippen molar-refractivity contribution in [2.45, 2.75) is 51.0 Å². The maximum Gasteiger partial charge on any atom is 0.303 e. The summed E-state index contributed by atoms with van der Waals surface area (Å²) in [5.41, 5.74) is 2.75. The molecule has 0 aliphatic carbocycles. The number of aromatic nitrogens is 3. The number of carboxylic acid groups (broad SMARTS) is 1. The van der Waals surface area contributed by atoms with Crippen LogP contribution in [0.15, 0.2) is 49.1 Å². The number of piperidine rings is 1. The van der Waals surface area contributed by atoms with E-state index in [0.717, 1.165) is 73.2 Å². The highest BCUT2D eigenvalue weighted by atomic mass is 16.5. The molecule has 1 aromatic carbocycles. The summed E-state index contributed by atoms with van der Waals surface area (Å²) in [6, 6.07) is 9.55. The highest BCUT2D eigenvalue weighted by molar-refractivity contribution is 5.83. The van der Waals surface area contributed by atoms with Crippen molar-refractivity contribution in [2.24, 2.45) is 11.8 Å². The van der Waals surface area contributed by atoms with Gasteiger partial charge in [0.15, 0.2) is 0 Å². The number of hydrogen-bond donors (Lipinski definition) is 2. The van der Waals surface area contributed by atoms with Gasteiger partial charge >= 0.3 is 5.97 Å². The second-order valence-corrected chi connectivity index (χ2v) is 9.72. The smallest absolute Gasteiger partial charge is 0.303 e. The Morgan fingerprint density at radius 1 is 1.17 bits per heavy atom. The van der Waals surface area contributed by atoms with Gasteiger partial charge in [-0.25, -0.2) is 9.97 Å². The molecule has 3 aromatic rings. The fourth-order valence-corrected chi connectivity index (χ4v) is 5.42. The van der Waals surface area contributed by atoms with E-state index in [-0.39, 0.29) is 6.42 Å². The van der Waals surface area contributed by atoms with Crippen LogP contribution >= 0.6 is 0 Å². The van der Waals surface area contributed by atoms with E-state index >= 15 is 0 Å². The Hall–Kier alpha value is -3.10. The number of ether oxygens (including phenoxy) is 1. The SMILES string of the molecule is COc1ccc2nccc([C@H](O)CC[C@@H]3CCN(CCCc4ccncn4)C[C@H]3CCC(=O)O)c2c1. The summed E-state index contributed by atoms with van der Waals surface area (Å²) < 4.78 is 5.37. The van der Waals surface area contributed by atoms with E-state index in [9.17, 15) is 15.0 Å². The molecule has 0 unspecified atom stereocenters. The zero-order chi connectivity index (χ0) is 25.3. The van der Waals surface area contributed by atoms with Crippen LogP contribution < -0.4 is 4.74 Å². The molecule has 0 radical (unpaired) electrons. The second-order valence-electron chi connectivity index (χ2n) is 9.72. The average Bonchev–Trinajstić information content (AvgIpc) is 2.91. The number of carbonyl (C=O) groups is 1. The Kier molecular flexibility index (Phi) is 9.19. The Morgan fingerprint density at radius 3 is 2.83 bits per heavy atom. The Bertz CT molecular complexity index is 1130. The van der Waals surface area contributed by atoms with Gasteiger partial charge in [-0.3, -0.25) is 9.78 Å². The van der Waals surface area contributed by atoms with Crippen LogP contribution in [0.4, 0.5) is 0 Å². The first kappa shape index (κ1) is 26.0. The van der Waals surface area contributed by atoms with Crippen molar-refractivity contribution >= 4 is 16.9 Å². The third kappa shape index (κ3) is 6.98. The number of methoxy groups -OCH3 is 1. The van der Waals surface area contributed by atoms with Gasteiger partial charge in [0, 0.05) is 36.4 Å². The van der Waals surface area contributed by atoms with E-state index in [1.165, 1.54) is 0 Å². The predicted octanol–water partition coefficient (Wildman–Crippen LogP) is 4.28. The molecule has 0 saturated carbocycles. The lowest BCUT2D eigenvalue weighted by atomic mass is 9.79. The first-order valence-electron chi connectivity index (χ1n) is 12.8. The maximum absolute atomic E-state index is 11.3. The minimum absolute atomic E-state index is 0.188. The van der Waals surface area contributed by atoms with Crippen LogP contribution in [0.5, 0.6) is 5.75 Å². The van der Waals surface area contributed by atoms with Gasteiger partial charge in [0.25, 0.3) is 0 Å². The molecule has 3 heterocycles. The van der Waals surface area contributed by atoms with Crippen molar-refractivity contribution in [2.75, 3.05) is 26.7 Å². The normalized spacial score (nSPS) is 19.3. The number of aliphatic hydroxyl groups is 1. The number of pyridine rings is 1. The van der Waals surface area contributed by atoms with Crippen LogP contribution in [0, 0.1) is 11.8 Å². The lowest BCUT2D eigenvalue weighted by Gasteiger charge is -2.39. The minimum Gasteiger partial charge on any atom is -0.497 e. The summed E-state index contributed by atoms with van der Waals surface area (Å²) in [4.78, 5) is 26.5. The first-order valence-corrected chi connectivity index (χ1v) is 12.8. The molecule has 192 valence electrons. The Morgan fingerprint density at radius 2 is 2.06 bits per heavy atom. The van der Waals surface area contributed by atoms with E-state index in [1.54, 1.807) is 25.8 Å². The molecule has 1 aliphatic rings. The van der Waals surface area contributed by atoms with E-state index < -0.39 is 12.1 Å². The molecule has 2 aromatic heterocycles. The topological polar surface area (TPSA) is 109 Å². The van der Waals surface area contributed by atoms with Gasteiger partial charge in [-0.05, 0) is 99.3 Å². The third-order valence-corrected chi connectivity index (χ3v) is 7.41. The molecule has 0 spiro atoms. The molecule has 1 aliphatic heterocycles. The average molecular weight is 493 g/mol. The standard InChI is InChI=1S/C28H36N4O4/c1-36-23-6-7-26-25(17-23)24(11-14-30-26)27(33)8-4-20-12-16-32(18-21(20)5-9-28(34)35)15-2-3-22-10-13-29-19-31-22/h6-7,10-11,13-14,17,19-21,27,33H,2-5,8-9,12,15-16,18H2,1H3,(H,34,35)/t20-,21-,27-/m1/s1. The number of aliphatic carboxylic acids is 1. The molecule has 2 N–H and O–H groups in total. The number of fused-ring (bicyclic) bond motifs is 1. The lowest BCUT2D eigenvalue weighted by molar-refractivity contribution is -0.137. The monoisotopic (exact) mass is 492 g/mol. The van der Waals surface area contributed by atoms with Crippen LogP contribution in [0.1, 0.15) is 55.9 Å². The molecule has 36 heavy (non-hydrogen) atoms. The molecule has 0 amide bonds. The molecular weight excluding hydrogens is 456 g/mol. The number of hydrogen-bond acceptors (Lipinski definition) is 7. The van der Waals surface area contributed by atoms with Crippen molar-refractivity contribution in [3.8, 4) is 5.75 Å². The van der Waals surface area contributed by atoms with Gasteiger partial charge in [-0.2, -0.15) is 0 Å². The van der Waals surface area contributed by atoms with Crippen LogP contribution in [-0.4, -0.2) is 62.8 Å². The zero-order valence-electron chi connectivity index (χ0n) is 20.9. The van der Waals surface area contributed by atoms with Crippen LogP contribution in [0.2, 0.25) is 0 Å². The van der Waals surface area contributed by atoms with Crippen molar-refractivity contribution in [1.29, 1.82) is 0 Å². The van der Waals surface area contributed by atoms with E-state index in [2.05, 4.69) is 19.9 Å². The summed E-state index contributed by atoms with van der Waals surface area (Å²) >= 11 is 0. The van der Waals surface area contributed by atoms with E-state index in [4.69, 9.17) is 4.74 Å².